The Kier molecular flexibility index (Phi) is 6.17. The van der Waals surface area contributed by atoms with E-state index in [9.17, 15) is 16.8 Å². The average Bonchev–Trinajstić information content (AvgIpc) is 2.70. The summed E-state index contributed by atoms with van der Waals surface area (Å²) in [4.78, 5) is -0.0335. The van der Waals surface area contributed by atoms with Crippen molar-refractivity contribution in [3.05, 3.63) is 96.6 Å². The third kappa shape index (κ3) is 4.27. The van der Waals surface area contributed by atoms with E-state index in [0.29, 0.717) is 5.75 Å². The number of hydrogen-bond donors (Lipinski definition) is 0. The second-order valence-corrected chi connectivity index (χ2v) is 12.7. The maximum absolute atomic E-state index is 13.4. The largest absolute Gasteiger partial charge is 0.223 e. The van der Waals surface area contributed by atoms with Gasteiger partial charge in [-0.05, 0) is 36.1 Å². The summed E-state index contributed by atoms with van der Waals surface area (Å²) in [7, 11) is -9.43. The molecule has 1 unspecified atom stereocenters. The van der Waals surface area contributed by atoms with Crippen LogP contribution in [-0.4, -0.2) is 26.6 Å². The van der Waals surface area contributed by atoms with E-state index in [2.05, 4.69) is 0 Å². The van der Waals surface area contributed by atoms with Gasteiger partial charge in [-0.3, -0.25) is 0 Å². The lowest BCUT2D eigenvalue weighted by Gasteiger charge is -2.15. The molecular weight excluding hydrogens is 412 g/mol. The predicted octanol–water partition coefficient (Wildman–Crippen LogP) is 4.12. The van der Waals surface area contributed by atoms with Crippen LogP contribution < -0.4 is 0 Å². The molecule has 7 heteroatoms. The number of sulfone groups is 2. The minimum Gasteiger partial charge on any atom is -0.217 e. The van der Waals surface area contributed by atoms with Crippen molar-refractivity contribution in [2.45, 2.75) is 15.5 Å². The fourth-order valence-electron chi connectivity index (χ4n) is 2.79. The van der Waals surface area contributed by atoms with Gasteiger partial charge in [0.2, 0.25) is 19.7 Å². The molecule has 0 aromatic heterocycles. The standard InChI is InChI=1S/C21H20O4S3/c1-26(17-18-11-5-2-6-12-18)21(27(22,23)19-13-7-3-8-14-19)28(24,25)20-15-9-4-10-16-20/h2-16H,17H2,1H3. The quantitative estimate of drug-likeness (QED) is 0.582. The summed E-state index contributed by atoms with van der Waals surface area (Å²) in [6.45, 7) is 0. The lowest BCUT2D eigenvalue weighted by Crippen LogP contribution is -2.25. The molecule has 0 saturated heterocycles. The fraction of sp³-hybridized carbons (Fsp3) is 0.0952. The molecule has 0 aliphatic rings. The monoisotopic (exact) mass is 432 g/mol. The first-order valence-electron chi connectivity index (χ1n) is 8.47. The van der Waals surface area contributed by atoms with E-state index in [1.807, 2.05) is 30.3 Å². The molecule has 1 atom stereocenters. The van der Waals surface area contributed by atoms with Gasteiger partial charge in [-0.2, -0.15) is 10.5 Å². The maximum Gasteiger partial charge on any atom is 0.223 e. The van der Waals surface area contributed by atoms with Gasteiger partial charge in [0.1, 0.15) is 0 Å². The summed E-state index contributed by atoms with van der Waals surface area (Å²) in [5.41, 5.74) is 0.886. The topological polar surface area (TPSA) is 68.3 Å². The first kappa shape index (κ1) is 20.5. The van der Waals surface area contributed by atoms with Crippen LogP contribution in [0.3, 0.4) is 0 Å². The molecule has 28 heavy (non-hydrogen) atoms. The summed E-state index contributed by atoms with van der Waals surface area (Å²) in [6.07, 6.45) is 1.67. The van der Waals surface area contributed by atoms with Gasteiger partial charge in [0.25, 0.3) is 0 Å². The van der Waals surface area contributed by atoms with Gasteiger partial charge in [-0.25, -0.2) is 16.8 Å². The molecule has 0 heterocycles. The summed E-state index contributed by atoms with van der Waals surface area (Å²) in [5.74, 6) is 0.328. The van der Waals surface area contributed by atoms with Gasteiger partial charge in [0.05, 0.1) is 9.79 Å². The summed E-state index contributed by atoms with van der Waals surface area (Å²) < 4.78 is 53.1. The molecule has 4 nitrogen and oxygen atoms in total. The predicted molar refractivity (Wildman–Crippen MR) is 116 cm³/mol. The zero-order chi connectivity index (χ0) is 20.2. The normalized spacial score (nSPS) is 13.0. The Bertz CT molecular complexity index is 1110. The molecule has 0 aliphatic carbocycles. The van der Waals surface area contributed by atoms with Crippen LogP contribution in [0.1, 0.15) is 5.56 Å². The lowest BCUT2D eigenvalue weighted by molar-refractivity contribution is 0.603. The van der Waals surface area contributed by atoms with Crippen molar-refractivity contribution < 1.29 is 16.8 Å². The van der Waals surface area contributed by atoms with Gasteiger partial charge in [0.15, 0.2) is 3.53 Å². The Balaban J connectivity index is 2.24. The second-order valence-electron chi connectivity index (χ2n) is 6.15. The molecule has 0 amide bonds. The zero-order valence-electron chi connectivity index (χ0n) is 15.2. The molecule has 3 aromatic rings. The van der Waals surface area contributed by atoms with Crippen LogP contribution in [0.15, 0.2) is 101 Å². The maximum atomic E-state index is 13.4. The van der Waals surface area contributed by atoms with E-state index in [1.165, 1.54) is 24.3 Å². The second kappa shape index (κ2) is 8.43. The lowest BCUT2D eigenvalue weighted by atomic mass is 10.2. The highest BCUT2D eigenvalue weighted by Crippen LogP contribution is 2.30. The summed E-state index contributed by atoms with van der Waals surface area (Å²) in [6, 6.07) is 24.7. The van der Waals surface area contributed by atoms with E-state index < -0.39 is 33.7 Å². The van der Waals surface area contributed by atoms with E-state index in [1.54, 1.807) is 42.7 Å². The number of benzene rings is 3. The van der Waals surface area contributed by atoms with Crippen molar-refractivity contribution in [2.75, 3.05) is 6.26 Å². The first-order chi connectivity index (χ1) is 13.3. The van der Waals surface area contributed by atoms with Crippen molar-refractivity contribution in [1.82, 2.24) is 0 Å². The Morgan fingerprint density at radius 2 is 1.00 bits per heavy atom. The third-order valence-electron chi connectivity index (χ3n) is 4.06. The Morgan fingerprint density at radius 1 is 0.643 bits per heavy atom. The van der Waals surface area contributed by atoms with E-state index >= 15 is 0 Å². The Morgan fingerprint density at radius 3 is 1.39 bits per heavy atom. The minimum absolute atomic E-state index is 0.0167. The van der Waals surface area contributed by atoms with E-state index in [4.69, 9.17) is 0 Å². The molecule has 0 radical (unpaired) electrons. The number of hydrogen-bond acceptors (Lipinski definition) is 4. The van der Waals surface area contributed by atoms with Crippen molar-refractivity contribution in [3.8, 4) is 0 Å². The fourth-order valence-corrected chi connectivity index (χ4v) is 10.7. The van der Waals surface area contributed by atoms with Crippen molar-refractivity contribution in [2.24, 2.45) is 0 Å². The highest BCUT2D eigenvalue weighted by atomic mass is 32.3. The van der Waals surface area contributed by atoms with Crippen LogP contribution in [0.4, 0.5) is 0 Å². The molecule has 0 fully saturated rings. The summed E-state index contributed by atoms with van der Waals surface area (Å²) in [5, 5.41) is 0. The van der Waals surface area contributed by atoms with Crippen LogP contribution >= 0.6 is 10.5 Å². The van der Waals surface area contributed by atoms with Crippen molar-refractivity contribution in [3.63, 3.8) is 0 Å². The van der Waals surface area contributed by atoms with Crippen LogP contribution in [0.25, 0.3) is 0 Å². The SMILES string of the molecule is CS(Cc1ccccc1)=C(S(=O)(=O)c1ccccc1)S(=O)(=O)c1ccccc1. The molecule has 3 rings (SSSR count). The van der Waals surface area contributed by atoms with E-state index in [-0.39, 0.29) is 9.79 Å². The van der Waals surface area contributed by atoms with Crippen LogP contribution in [0.5, 0.6) is 0 Å². The minimum atomic E-state index is -4.19. The molecule has 0 bridgehead atoms. The molecular formula is C21H20O4S3. The number of rotatable bonds is 4. The molecule has 0 aliphatic heterocycles. The van der Waals surface area contributed by atoms with Gasteiger partial charge in [-0.1, -0.05) is 66.7 Å². The first-order valence-corrected chi connectivity index (χ1v) is 13.2. The van der Waals surface area contributed by atoms with Gasteiger partial charge < -0.3 is 0 Å². The van der Waals surface area contributed by atoms with E-state index in [0.717, 1.165) is 5.56 Å². The highest BCUT2D eigenvalue weighted by Gasteiger charge is 2.35. The zero-order valence-corrected chi connectivity index (χ0v) is 17.7. The molecule has 0 saturated carbocycles. The molecule has 0 N–H and O–H groups in total. The van der Waals surface area contributed by atoms with Crippen molar-refractivity contribution >= 4 is 33.7 Å². The van der Waals surface area contributed by atoms with Gasteiger partial charge >= 0.3 is 0 Å². The van der Waals surface area contributed by atoms with Crippen molar-refractivity contribution in [1.29, 1.82) is 0 Å². The van der Waals surface area contributed by atoms with Gasteiger partial charge in [-0.15, -0.1) is 0 Å². The Hall–Kier alpha value is -2.22. The van der Waals surface area contributed by atoms with Crippen LogP contribution in [0.2, 0.25) is 0 Å². The average molecular weight is 433 g/mol. The van der Waals surface area contributed by atoms with Crippen LogP contribution in [-0.2, 0) is 25.4 Å². The highest BCUT2D eigenvalue weighted by molar-refractivity contribution is 8.47. The van der Waals surface area contributed by atoms with Gasteiger partial charge in [0, 0.05) is 5.75 Å². The van der Waals surface area contributed by atoms with Crippen LogP contribution in [0, 0.1) is 0 Å². The summed E-state index contributed by atoms with van der Waals surface area (Å²) >= 11 is 0. The third-order valence-corrected chi connectivity index (χ3v) is 12.4. The molecule has 3 aromatic carbocycles. The molecule has 146 valence electrons. The Labute approximate surface area is 168 Å². The smallest absolute Gasteiger partial charge is 0.217 e. The molecule has 0 spiro atoms.